The molecule has 47 heavy (non-hydrogen) atoms. The normalized spacial score (nSPS) is 12.5. The Morgan fingerprint density at radius 2 is 1.40 bits per heavy atom. The summed E-state index contributed by atoms with van der Waals surface area (Å²) in [6.45, 7) is 5.61. The van der Waals surface area contributed by atoms with Crippen molar-refractivity contribution in [1.82, 2.24) is 10.2 Å². The number of hydrogen-bond donors (Lipinski definition) is 1. The van der Waals surface area contributed by atoms with E-state index in [4.69, 9.17) is 27.9 Å². The number of carbonyl (C=O) groups excluding carboxylic acids is 2. The summed E-state index contributed by atoms with van der Waals surface area (Å²) < 4.78 is 35.0. The lowest BCUT2D eigenvalue weighted by molar-refractivity contribution is -0.140. The highest BCUT2D eigenvalue weighted by molar-refractivity contribution is 7.92. The van der Waals surface area contributed by atoms with Crippen LogP contribution in [0.25, 0.3) is 0 Å². The minimum absolute atomic E-state index is 0.0387. The standard InChI is InChI=1S/C36H39Cl2N3O5S/c1-4-26(3)39-36(43)34(23-27-9-7-6-8-10-27)40(24-28-11-13-29(37)14-12-28)35(42)25-41(31-17-19-32(20-18-31)46-5-2)47(44,45)33-21-15-30(38)16-22-33/h6-22,26,34H,4-5,23-25H2,1-3H3,(H,39,43)/t26-,34-/m0/s1. The van der Waals surface area contributed by atoms with Crippen molar-refractivity contribution in [3.63, 3.8) is 0 Å². The van der Waals surface area contributed by atoms with Gasteiger partial charge in [-0.25, -0.2) is 8.42 Å². The van der Waals surface area contributed by atoms with Gasteiger partial charge in [-0.15, -0.1) is 0 Å². The summed E-state index contributed by atoms with van der Waals surface area (Å²) in [6, 6.07) is 27.5. The molecule has 4 aromatic carbocycles. The van der Waals surface area contributed by atoms with Crippen molar-refractivity contribution in [2.45, 2.75) is 57.1 Å². The maximum atomic E-state index is 14.6. The molecule has 0 aliphatic rings. The summed E-state index contributed by atoms with van der Waals surface area (Å²) in [7, 11) is -4.26. The number of sulfonamides is 1. The molecule has 0 heterocycles. The average Bonchev–Trinajstić information content (AvgIpc) is 3.07. The van der Waals surface area contributed by atoms with Gasteiger partial charge in [0.15, 0.2) is 0 Å². The van der Waals surface area contributed by atoms with E-state index in [0.717, 1.165) is 15.4 Å². The van der Waals surface area contributed by atoms with Gasteiger partial charge in [0.25, 0.3) is 10.0 Å². The van der Waals surface area contributed by atoms with Gasteiger partial charge < -0.3 is 15.0 Å². The summed E-state index contributed by atoms with van der Waals surface area (Å²) in [6.07, 6.45) is 0.912. The second-order valence-corrected chi connectivity index (χ2v) is 13.8. The van der Waals surface area contributed by atoms with Crippen molar-refractivity contribution in [2.24, 2.45) is 0 Å². The summed E-state index contributed by atoms with van der Waals surface area (Å²) in [5.41, 5.74) is 1.83. The van der Waals surface area contributed by atoms with Crippen molar-refractivity contribution in [1.29, 1.82) is 0 Å². The number of benzene rings is 4. The molecule has 0 bridgehead atoms. The lowest BCUT2D eigenvalue weighted by Gasteiger charge is -2.34. The molecule has 0 spiro atoms. The van der Waals surface area contributed by atoms with E-state index < -0.39 is 28.5 Å². The third kappa shape index (κ3) is 9.73. The van der Waals surface area contributed by atoms with Crippen LogP contribution in [0.5, 0.6) is 5.75 Å². The lowest BCUT2D eigenvalue weighted by Crippen LogP contribution is -2.54. The van der Waals surface area contributed by atoms with Gasteiger partial charge in [0.2, 0.25) is 11.8 Å². The first-order valence-electron chi connectivity index (χ1n) is 15.4. The summed E-state index contributed by atoms with van der Waals surface area (Å²) >= 11 is 12.2. The Morgan fingerprint density at radius 3 is 1.98 bits per heavy atom. The molecule has 0 aromatic heterocycles. The Labute approximate surface area is 287 Å². The molecule has 4 rings (SSSR count). The zero-order valence-electron chi connectivity index (χ0n) is 26.6. The zero-order valence-corrected chi connectivity index (χ0v) is 28.9. The fourth-order valence-electron chi connectivity index (χ4n) is 4.92. The molecule has 0 aliphatic carbocycles. The Kier molecular flexibility index (Phi) is 12.7. The smallest absolute Gasteiger partial charge is 0.264 e. The van der Waals surface area contributed by atoms with Gasteiger partial charge in [-0.2, -0.15) is 0 Å². The number of anilines is 1. The van der Waals surface area contributed by atoms with E-state index in [1.165, 1.54) is 29.2 Å². The van der Waals surface area contributed by atoms with Gasteiger partial charge in [-0.3, -0.25) is 13.9 Å². The van der Waals surface area contributed by atoms with Crippen LogP contribution in [-0.2, 0) is 32.6 Å². The number of rotatable bonds is 15. The zero-order chi connectivity index (χ0) is 34.0. The maximum Gasteiger partial charge on any atom is 0.264 e. The van der Waals surface area contributed by atoms with E-state index in [-0.39, 0.29) is 35.5 Å². The highest BCUT2D eigenvalue weighted by Gasteiger charge is 2.35. The van der Waals surface area contributed by atoms with Gasteiger partial charge in [-0.1, -0.05) is 72.6 Å². The minimum Gasteiger partial charge on any atom is -0.494 e. The Balaban J connectivity index is 1.80. The summed E-state index contributed by atoms with van der Waals surface area (Å²) in [4.78, 5) is 29.9. The van der Waals surface area contributed by atoms with E-state index in [1.807, 2.05) is 51.1 Å². The second-order valence-electron chi connectivity index (χ2n) is 11.1. The molecule has 4 aromatic rings. The maximum absolute atomic E-state index is 14.6. The Morgan fingerprint density at radius 1 is 0.809 bits per heavy atom. The molecule has 11 heteroatoms. The van der Waals surface area contributed by atoms with Gasteiger partial charge in [-0.05, 0) is 92.1 Å². The van der Waals surface area contributed by atoms with Gasteiger partial charge in [0.1, 0.15) is 18.3 Å². The molecular formula is C36H39Cl2N3O5S. The van der Waals surface area contributed by atoms with Crippen molar-refractivity contribution in [3.05, 3.63) is 124 Å². The number of nitrogens with one attached hydrogen (secondary N) is 1. The van der Waals surface area contributed by atoms with Gasteiger partial charge in [0, 0.05) is 29.1 Å². The molecule has 8 nitrogen and oxygen atoms in total. The molecule has 0 unspecified atom stereocenters. The van der Waals surface area contributed by atoms with E-state index in [2.05, 4.69) is 5.32 Å². The number of hydrogen-bond acceptors (Lipinski definition) is 5. The molecule has 0 radical (unpaired) electrons. The van der Waals surface area contributed by atoms with Crippen LogP contribution in [0.3, 0.4) is 0 Å². The summed E-state index contributed by atoms with van der Waals surface area (Å²) in [5, 5.41) is 3.93. The van der Waals surface area contributed by atoms with Crippen LogP contribution in [0.15, 0.2) is 108 Å². The number of amides is 2. The second kappa shape index (κ2) is 16.7. The Bertz CT molecular complexity index is 1720. The molecule has 1 N–H and O–H groups in total. The molecule has 2 atom stereocenters. The van der Waals surface area contributed by atoms with Crippen molar-refractivity contribution in [3.8, 4) is 5.75 Å². The third-order valence-corrected chi connectivity index (χ3v) is 9.95. The van der Waals surface area contributed by atoms with Crippen molar-refractivity contribution in [2.75, 3.05) is 17.5 Å². The van der Waals surface area contributed by atoms with E-state index >= 15 is 0 Å². The molecule has 0 saturated carbocycles. The Hall–Kier alpha value is -4.05. The highest BCUT2D eigenvalue weighted by atomic mass is 35.5. The molecule has 0 aliphatic heterocycles. The predicted molar refractivity (Wildman–Crippen MR) is 187 cm³/mol. The third-order valence-electron chi connectivity index (χ3n) is 7.65. The summed E-state index contributed by atoms with van der Waals surface area (Å²) in [5.74, 6) is -0.342. The van der Waals surface area contributed by atoms with Crippen LogP contribution < -0.4 is 14.4 Å². The molecular weight excluding hydrogens is 657 g/mol. The van der Waals surface area contributed by atoms with Crippen LogP contribution in [0.2, 0.25) is 10.0 Å². The highest BCUT2D eigenvalue weighted by Crippen LogP contribution is 2.28. The first-order chi connectivity index (χ1) is 22.5. The largest absolute Gasteiger partial charge is 0.494 e. The van der Waals surface area contributed by atoms with Gasteiger partial charge in [0.05, 0.1) is 17.2 Å². The topological polar surface area (TPSA) is 96.0 Å². The predicted octanol–water partition coefficient (Wildman–Crippen LogP) is 7.14. The number of halogens is 2. The lowest BCUT2D eigenvalue weighted by atomic mass is 10.0. The molecule has 2 amide bonds. The van der Waals surface area contributed by atoms with Crippen molar-refractivity contribution >= 4 is 50.7 Å². The monoisotopic (exact) mass is 695 g/mol. The quantitative estimate of drug-likeness (QED) is 0.143. The number of ether oxygens (including phenoxy) is 1. The fraction of sp³-hybridized carbons (Fsp3) is 0.278. The van der Waals surface area contributed by atoms with Crippen LogP contribution in [0.4, 0.5) is 5.69 Å². The molecule has 0 fully saturated rings. The van der Waals surface area contributed by atoms with Crippen LogP contribution in [0, 0.1) is 0 Å². The van der Waals surface area contributed by atoms with E-state index in [0.29, 0.717) is 28.8 Å². The fourth-order valence-corrected chi connectivity index (χ4v) is 6.59. The molecule has 248 valence electrons. The van der Waals surface area contributed by atoms with Crippen molar-refractivity contribution < 1.29 is 22.7 Å². The van der Waals surface area contributed by atoms with Crippen LogP contribution in [-0.4, -0.2) is 50.4 Å². The minimum atomic E-state index is -4.26. The number of nitrogens with zero attached hydrogens (tertiary/aromatic N) is 2. The SMILES string of the molecule is CCOc1ccc(N(CC(=O)N(Cc2ccc(Cl)cc2)[C@@H](Cc2ccccc2)C(=O)N[C@@H](C)CC)S(=O)(=O)c2ccc(Cl)cc2)cc1. The van der Waals surface area contributed by atoms with Crippen LogP contribution in [0.1, 0.15) is 38.3 Å². The average molecular weight is 697 g/mol. The van der Waals surface area contributed by atoms with Gasteiger partial charge >= 0.3 is 0 Å². The van der Waals surface area contributed by atoms with E-state index in [9.17, 15) is 18.0 Å². The van der Waals surface area contributed by atoms with E-state index in [1.54, 1.807) is 48.5 Å². The number of carbonyl (C=O) groups is 2. The first kappa shape index (κ1) is 35.8. The van der Waals surface area contributed by atoms with Crippen LogP contribution >= 0.6 is 23.2 Å². The first-order valence-corrected chi connectivity index (χ1v) is 17.6. The molecule has 0 saturated heterocycles.